The molecule has 0 saturated carbocycles. The van der Waals surface area contributed by atoms with Crippen LogP contribution in [0.5, 0.6) is 0 Å². The Morgan fingerprint density at radius 3 is 1.75 bits per heavy atom. The van der Waals surface area contributed by atoms with Crippen LogP contribution in [-0.2, 0) is 0 Å². The van der Waals surface area contributed by atoms with Gasteiger partial charge >= 0.3 is 0 Å². The van der Waals surface area contributed by atoms with Crippen LogP contribution in [0.3, 0.4) is 0 Å². The molecule has 4 rings (SSSR count). The van der Waals surface area contributed by atoms with Crippen molar-refractivity contribution in [3.05, 3.63) is 114 Å². The molecule has 0 amide bonds. The van der Waals surface area contributed by atoms with Crippen molar-refractivity contribution in [1.82, 2.24) is 0 Å². The van der Waals surface area contributed by atoms with Gasteiger partial charge in [0.2, 0.25) is 0 Å². The van der Waals surface area contributed by atoms with Gasteiger partial charge in [0, 0.05) is 5.92 Å². The Hall–Kier alpha value is -2.60. The summed E-state index contributed by atoms with van der Waals surface area (Å²) in [5.41, 5.74) is 5.70. The van der Waals surface area contributed by atoms with E-state index in [9.17, 15) is 0 Å². The summed E-state index contributed by atoms with van der Waals surface area (Å²) in [6, 6.07) is 32.9. The van der Waals surface area contributed by atoms with E-state index in [1.54, 1.807) is 0 Å². The van der Waals surface area contributed by atoms with E-state index in [-0.39, 0.29) is 0 Å². The average molecular weight is 310 g/mol. The second-order valence-corrected chi connectivity index (χ2v) is 6.51. The van der Waals surface area contributed by atoms with Crippen molar-refractivity contribution >= 4 is 5.57 Å². The van der Waals surface area contributed by atoms with Crippen LogP contribution in [0.1, 0.15) is 41.4 Å². The van der Waals surface area contributed by atoms with Crippen molar-refractivity contribution in [3.63, 3.8) is 0 Å². The molecule has 0 saturated heterocycles. The molecule has 0 aromatic heterocycles. The van der Waals surface area contributed by atoms with E-state index in [1.165, 1.54) is 28.7 Å². The van der Waals surface area contributed by atoms with Crippen molar-refractivity contribution in [3.8, 4) is 0 Å². The second kappa shape index (κ2) is 6.88. The topological polar surface area (TPSA) is 0 Å². The van der Waals surface area contributed by atoms with Crippen LogP contribution in [0, 0.1) is 0 Å². The van der Waals surface area contributed by atoms with Crippen LogP contribution in [0.2, 0.25) is 0 Å². The molecule has 0 nitrogen and oxygen atoms in total. The SMILES string of the molecule is C1=C(c2ccccc2)C(c2ccccc2)C(c2ccccc2)CC1. The van der Waals surface area contributed by atoms with Gasteiger partial charge in [0.1, 0.15) is 0 Å². The number of benzene rings is 3. The van der Waals surface area contributed by atoms with Crippen molar-refractivity contribution in [1.29, 1.82) is 0 Å². The summed E-state index contributed by atoms with van der Waals surface area (Å²) in [7, 11) is 0. The summed E-state index contributed by atoms with van der Waals surface area (Å²) in [6.07, 6.45) is 4.81. The standard InChI is InChI=1S/C24H22/c1-4-11-19(12-5-1)22-17-10-18-23(20-13-6-2-7-14-20)24(22)21-15-8-3-9-16-21/h1-9,11-17,23-24H,10,18H2. The molecule has 0 heterocycles. The maximum atomic E-state index is 2.45. The summed E-state index contributed by atoms with van der Waals surface area (Å²) in [5, 5.41) is 0. The molecule has 118 valence electrons. The van der Waals surface area contributed by atoms with Crippen LogP contribution < -0.4 is 0 Å². The number of hydrogen-bond donors (Lipinski definition) is 0. The van der Waals surface area contributed by atoms with Gasteiger partial charge in [-0.15, -0.1) is 0 Å². The van der Waals surface area contributed by atoms with Gasteiger partial charge in [-0.2, -0.15) is 0 Å². The summed E-state index contributed by atoms with van der Waals surface area (Å²) in [4.78, 5) is 0. The highest BCUT2D eigenvalue weighted by molar-refractivity contribution is 5.73. The minimum absolute atomic E-state index is 0.421. The van der Waals surface area contributed by atoms with E-state index in [2.05, 4.69) is 97.1 Å². The maximum Gasteiger partial charge on any atom is 0.0161 e. The second-order valence-electron chi connectivity index (χ2n) is 6.51. The highest BCUT2D eigenvalue weighted by atomic mass is 14.3. The van der Waals surface area contributed by atoms with Crippen molar-refractivity contribution in [2.75, 3.05) is 0 Å². The molecule has 2 atom stereocenters. The van der Waals surface area contributed by atoms with Gasteiger partial charge in [-0.05, 0) is 41.0 Å². The molecule has 0 radical (unpaired) electrons. The van der Waals surface area contributed by atoms with Gasteiger partial charge in [-0.1, -0.05) is 97.1 Å². The molecule has 24 heavy (non-hydrogen) atoms. The minimum Gasteiger partial charge on any atom is -0.0801 e. The van der Waals surface area contributed by atoms with Crippen LogP contribution in [-0.4, -0.2) is 0 Å². The van der Waals surface area contributed by atoms with Crippen LogP contribution in [0.15, 0.2) is 97.1 Å². The molecule has 0 aliphatic heterocycles. The fraction of sp³-hybridized carbons (Fsp3) is 0.167. The first kappa shape index (κ1) is 15.0. The first-order valence-electron chi connectivity index (χ1n) is 8.79. The molecule has 0 N–H and O–H groups in total. The van der Waals surface area contributed by atoms with E-state index in [4.69, 9.17) is 0 Å². The predicted molar refractivity (Wildman–Crippen MR) is 102 cm³/mol. The van der Waals surface area contributed by atoms with E-state index in [1.807, 2.05) is 0 Å². The maximum absolute atomic E-state index is 2.45. The first-order valence-corrected chi connectivity index (χ1v) is 8.79. The van der Waals surface area contributed by atoms with Gasteiger partial charge in [0.05, 0.1) is 0 Å². The van der Waals surface area contributed by atoms with Crippen LogP contribution in [0.4, 0.5) is 0 Å². The third-order valence-corrected chi connectivity index (χ3v) is 5.07. The molecule has 3 aromatic carbocycles. The van der Waals surface area contributed by atoms with Crippen molar-refractivity contribution in [2.45, 2.75) is 24.7 Å². The van der Waals surface area contributed by atoms with E-state index >= 15 is 0 Å². The highest BCUT2D eigenvalue weighted by Gasteiger charge is 2.30. The lowest BCUT2D eigenvalue weighted by Gasteiger charge is -2.34. The molecule has 0 fully saturated rings. The van der Waals surface area contributed by atoms with Gasteiger partial charge in [-0.3, -0.25) is 0 Å². The zero-order valence-electron chi connectivity index (χ0n) is 13.8. The molecule has 2 unspecified atom stereocenters. The molecular formula is C24H22. The van der Waals surface area contributed by atoms with Crippen LogP contribution >= 0.6 is 0 Å². The first-order chi connectivity index (χ1) is 11.9. The molecule has 0 heteroatoms. The number of allylic oxidation sites excluding steroid dienone is 2. The Balaban J connectivity index is 1.83. The van der Waals surface area contributed by atoms with Crippen molar-refractivity contribution < 1.29 is 0 Å². The third-order valence-electron chi connectivity index (χ3n) is 5.07. The zero-order chi connectivity index (χ0) is 16.2. The minimum atomic E-state index is 0.421. The zero-order valence-corrected chi connectivity index (χ0v) is 13.8. The smallest absolute Gasteiger partial charge is 0.0161 e. The van der Waals surface area contributed by atoms with Gasteiger partial charge < -0.3 is 0 Å². The highest BCUT2D eigenvalue weighted by Crippen LogP contribution is 2.48. The molecule has 1 aliphatic rings. The molecule has 0 spiro atoms. The molecule has 3 aromatic rings. The Labute approximate surface area is 144 Å². The van der Waals surface area contributed by atoms with E-state index < -0.39 is 0 Å². The Morgan fingerprint density at radius 1 is 0.583 bits per heavy atom. The van der Waals surface area contributed by atoms with E-state index in [0.717, 1.165) is 6.42 Å². The quantitative estimate of drug-likeness (QED) is 0.523. The summed E-state index contributed by atoms with van der Waals surface area (Å²) >= 11 is 0. The summed E-state index contributed by atoms with van der Waals surface area (Å²) < 4.78 is 0. The Kier molecular flexibility index (Phi) is 4.29. The number of rotatable bonds is 3. The van der Waals surface area contributed by atoms with Gasteiger partial charge in [-0.25, -0.2) is 0 Å². The fourth-order valence-corrected chi connectivity index (χ4v) is 3.99. The molecular weight excluding hydrogens is 288 g/mol. The largest absolute Gasteiger partial charge is 0.0801 e. The normalized spacial score (nSPS) is 20.4. The van der Waals surface area contributed by atoms with Crippen LogP contribution in [0.25, 0.3) is 5.57 Å². The summed E-state index contributed by atoms with van der Waals surface area (Å²) in [5.74, 6) is 0.957. The van der Waals surface area contributed by atoms with Gasteiger partial charge in [0.25, 0.3) is 0 Å². The average Bonchev–Trinajstić information content (AvgIpc) is 2.69. The predicted octanol–water partition coefficient (Wildman–Crippen LogP) is 6.43. The summed E-state index contributed by atoms with van der Waals surface area (Å²) in [6.45, 7) is 0. The van der Waals surface area contributed by atoms with Gasteiger partial charge in [0.15, 0.2) is 0 Å². The molecule has 0 bridgehead atoms. The number of hydrogen-bond acceptors (Lipinski definition) is 0. The Morgan fingerprint density at radius 2 is 1.12 bits per heavy atom. The van der Waals surface area contributed by atoms with E-state index in [0.29, 0.717) is 11.8 Å². The third kappa shape index (κ3) is 2.92. The lowest BCUT2D eigenvalue weighted by Crippen LogP contribution is -2.17. The lowest BCUT2D eigenvalue weighted by molar-refractivity contribution is 0.565. The lowest BCUT2D eigenvalue weighted by atomic mass is 9.70. The Bertz CT molecular complexity index is 800. The van der Waals surface area contributed by atoms with Crippen molar-refractivity contribution in [2.24, 2.45) is 0 Å². The fourth-order valence-electron chi connectivity index (χ4n) is 3.99. The molecule has 1 aliphatic carbocycles. The monoisotopic (exact) mass is 310 g/mol.